The summed E-state index contributed by atoms with van der Waals surface area (Å²) < 4.78 is 0. The summed E-state index contributed by atoms with van der Waals surface area (Å²) in [4.78, 5) is 1.33. The van der Waals surface area contributed by atoms with E-state index in [4.69, 9.17) is 5.73 Å². The predicted molar refractivity (Wildman–Crippen MR) is 83.1 cm³/mol. The van der Waals surface area contributed by atoms with Crippen molar-refractivity contribution in [1.82, 2.24) is 0 Å². The van der Waals surface area contributed by atoms with E-state index in [-0.39, 0.29) is 6.04 Å². The van der Waals surface area contributed by atoms with Crippen LogP contribution >= 0.6 is 11.8 Å². The van der Waals surface area contributed by atoms with Crippen LogP contribution in [0.5, 0.6) is 0 Å². The number of thioether (sulfide) groups is 1. The second-order valence-corrected chi connectivity index (χ2v) is 5.85. The molecule has 0 aliphatic heterocycles. The maximum absolute atomic E-state index is 6.41. The Morgan fingerprint density at radius 3 is 2.56 bits per heavy atom. The normalized spacial score (nSPS) is 14.4. The van der Waals surface area contributed by atoms with Gasteiger partial charge in [-0.3, -0.25) is 0 Å². The number of nitrogens with two attached hydrogens (primary N) is 1. The van der Waals surface area contributed by atoms with E-state index in [1.807, 2.05) is 0 Å². The molecule has 2 atom stereocenters. The standard InChI is InChI=1S/C16H27NS/c1-4-6-9-13(5-2)12-15(17)14-10-7-8-11-16(14)18-3/h7-8,10-11,13,15H,4-6,9,12,17H2,1-3H3. The summed E-state index contributed by atoms with van der Waals surface area (Å²) in [5, 5.41) is 0. The zero-order valence-electron chi connectivity index (χ0n) is 12.0. The zero-order chi connectivity index (χ0) is 13.4. The van der Waals surface area contributed by atoms with Gasteiger partial charge < -0.3 is 5.73 Å². The van der Waals surface area contributed by atoms with E-state index in [2.05, 4.69) is 44.4 Å². The van der Waals surface area contributed by atoms with E-state index in [0.717, 1.165) is 12.3 Å². The van der Waals surface area contributed by atoms with Gasteiger partial charge in [0.15, 0.2) is 0 Å². The van der Waals surface area contributed by atoms with Gasteiger partial charge in [0.05, 0.1) is 0 Å². The molecule has 1 rings (SSSR count). The molecule has 1 aromatic rings. The Morgan fingerprint density at radius 2 is 1.94 bits per heavy atom. The molecule has 2 unspecified atom stereocenters. The molecule has 1 nitrogen and oxygen atoms in total. The first-order chi connectivity index (χ1) is 8.72. The third-order valence-electron chi connectivity index (χ3n) is 3.67. The van der Waals surface area contributed by atoms with Gasteiger partial charge in [0.2, 0.25) is 0 Å². The molecule has 0 aliphatic carbocycles. The molecule has 0 spiro atoms. The highest BCUT2D eigenvalue weighted by Crippen LogP contribution is 2.30. The Hall–Kier alpha value is -0.470. The minimum absolute atomic E-state index is 0.190. The smallest absolute Gasteiger partial charge is 0.0308 e. The van der Waals surface area contributed by atoms with E-state index in [1.165, 1.54) is 36.1 Å². The van der Waals surface area contributed by atoms with Crippen LogP contribution in [-0.2, 0) is 0 Å². The van der Waals surface area contributed by atoms with Crippen LogP contribution in [0.25, 0.3) is 0 Å². The highest BCUT2D eigenvalue weighted by Gasteiger charge is 2.15. The second-order valence-electron chi connectivity index (χ2n) is 5.00. The molecule has 0 fully saturated rings. The van der Waals surface area contributed by atoms with Crippen molar-refractivity contribution in [3.8, 4) is 0 Å². The van der Waals surface area contributed by atoms with Crippen molar-refractivity contribution >= 4 is 11.8 Å². The molecule has 0 amide bonds. The molecular formula is C16H27NS. The second kappa shape index (κ2) is 8.60. The Balaban J connectivity index is 2.65. The number of hydrogen-bond acceptors (Lipinski definition) is 2. The molecule has 2 heteroatoms. The average molecular weight is 265 g/mol. The van der Waals surface area contributed by atoms with Crippen LogP contribution in [0.15, 0.2) is 29.2 Å². The molecule has 0 saturated heterocycles. The summed E-state index contributed by atoms with van der Waals surface area (Å²) in [6, 6.07) is 8.74. The lowest BCUT2D eigenvalue weighted by Gasteiger charge is -2.21. The molecule has 0 radical (unpaired) electrons. The van der Waals surface area contributed by atoms with Crippen LogP contribution in [0, 0.1) is 5.92 Å². The number of hydrogen-bond donors (Lipinski definition) is 1. The van der Waals surface area contributed by atoms with Gasteiger partial charge in [-0.1, -0.05) is 57.7 Å². The first kappa shape index (κ1) is 15.6. The van der Waals surface area contributed by atoms with Gasteiger partial charge >= 0.3 is 0 Å². The third-order valence-corrected chi connectivity index (χ3v) is 4.48. The SMILES string of the molecule is CCCCC(CC)CC(N)c1ccccc1SC. The monoisotopic (exact) mass is 265 g/mol. The quantitative estimate of drug-likeness (QED) is 0.668. The van der Waals surface area contributed by atoms with Crippen LogP contribution in [0.2, 0.25) is 0 Å². The van der Waals surface area contributed by atoms with Crippen LogP contribution in [0.4, 0.5) is 0 Å². The molecule has 2 N–H and O–H groups in total. The first-order valence-electron chi connectivity index (χ1n) is 7.11. The van der Waals surface area contributed by atoms with Gasteiger partial charge in [-0.2, -0.15) is 0 Å². The van der Waals surface area contributed by atoms with Crippen molar-refractivity contribution in [2.24, 2.45) is 11.7 Å². The van der Waals surface area contributed by atoms with Crippen molar-refractivity contribution < 1.29 is 0 Å². The van der Waals surface area contributed by atoms with E-state index < -0.39 is 0 Å². The summed E-state index contributed by atoms with van der Waals surface area (Å²) in [6.07, 6.45) is 8.42. The largest absolute Gasteiger partial charge is 0.324 e. The van der Waals surface area contributed by atoms with Crippen LogP contribution in [-0.4, -0.2) is 6.26 Å². The van der Waals surface area contributed by atoms with Crippen molar-refractivity contribution in [3.05, 3.63) is 29.8 Å². The topological polar surface area (TPSA) is 26.0 Å². The molecule has 0 heterocycles. The number of unbranched alkanes of at least 4 members (excludes halogenated alkanes) is 1. The van der Waals surface area contributed by atoms with Gasteiger partial charge in [-0.25, -0.2) is 0 Å². The molecule has 1 aromatic carbocycles. The fourth-order valence-corrected chi connectivity index (χ4v) is 3.11. The van der Waals surface area contributed by atoms with Gasteiger partial charge in [-0.05, 0) is 30.2 Å². The maximum Gasteiger partial charge on any atom is 0.0308 e. The summed E-state index contributed by atoms with van der Waals surface area (Å²) in [6.45, 7) is 4.54. The summed E-state index contributed by atoms with van der Waals surface area (Å²) >= 11 is 1.80. The number of benzene rings is 1. The van der Waals surface area contributed by atoms with Gasteiger partial charge in [0.1, 0.15) is 0 Å². The summed E-state index contributed by atoms with van der Waals surface area (Å²) in [7, 11) is 0. The van der Waals surface area contributed by atoms with Crippen molar-refractivity contribution in [3.63, 3.8) is 0 Å². The lowest BCUT2D eigenvalue weighted by atomic mass is 9.89. The minimum Gasteiger partial charge on any atom is -0.324 e. The molecule has 0 aliphatic rings. The molecule has 0 aromatic heterocycles. The molecule has 102 valence electrons. The zero-order valence-corrected chi connectivity index (χ0v) is 12.8. The molecule has 18 heavy (non-hydrogen) atoms. The Kier molecular flexibility index (Phi) is 7.45. The fraction of sp³-hybridized carbons (Fsp3) is 0.625. The van der Waals surface area contributed by atoms with Crippen molar-refractivity contribution in [2.45, 2.75) is 56.9 Å². The van der Waals surface area contributed by atoms with Crippen molar-refractivity contribution in [2.75, 3.05) is 6.26 Å². The summed E-state index contributed by atoms with van der Waals surface area (Å²) in [5.41, 5.74) is 7.73. The van der Waals surface area contributed by atoms with Gasteiger partial charge in [0, 0.05) is 10.9 Å². The molecule has 0 saturated carbocycles. The Labute approximate surface area is 117 Å². The Bertz CT molecular complexity index is 338. The maximum atomic E-state index is 6.41. The highest BCUT2D eigenvalue weighted by molar-refractivity contribution is 7.98. The predicted octanol–water partition coefficient (Wildman–Crippen LogP) is 5.01. The summed E-state index contributed by atoms with van der Waals surface area (Å²) in [5.74, 6) is 0.773. The minimum atomic E-state index is 0.190. The fourth-order valence-electron chi connectivity index (χ4n) is 2.44. The number of rotatable bonds is 8. The van der Waals surface area contributed by atoms with E-state index in [1.54, 1.807) is 11.8 Å². The van der Waals surface area contributed by atoms with Crippen LogP contribution < -0.4 is 5.73 Å². The third kappa shape index (κ3) is 4.66. The van der Waals surface area contributed by atoms with Crippen molar-refractivity contribution in [1.29, 1.82) is 0 Å². The van der Waals surface area contributed by atoms with Crippen LogP contribution in [0.1, 0.15) is 57.6 Å². The van der Waals surface area contributed by atoms with E-state index in [9.17, 15) is 0 Å². The first-order valence-corrected chi connectivity index (χ1v) is 8.33. The molecule has 0 bridgehead atoms. The van der Waals surface area contributed by atoms with Gasteiger partial charge in [0.25, 0.3) is 0 Å². The van der Waals surface area contributed by atoms with Crippen LogP contribution in [0.3, 0.4) is 0 Å². The van der Waals surface area contributed by atoms with Gasteiger partial charge in [-0.15, -0.1) is 11.8 Å². The highest BCUT2D eigenvalue weighted by atomic mass is 32.2. The molecular weight excluding hydrogens is 238 g/mol. The average Bonchev–Trinajstić information content (AvgIpc) is 2.43. The lowest BCUT2D eigenvalue weighted by molar-refractivity contribution is 0.387. The lowest BCUT2D eigenvalue weighted by Crippen LogP contribution is -2.16. The Morgan fingerprint density at radius 1 is 1.22 bits per heavy atom. The van der Waals surface area contributed by atoms with E-state index in [0.29, 0.717) is 0 Å². The van der Waals surface area contributed by atoms with E-state index >= 15 is 0 Å².